The third-order valence-corrected chi connectivity index (χ3v) is 4.62. The first-order valence-corrected chi connectivity index (χ1v) is 8.29. The predicted molar refractivity (Wildman–Crippen MR) is 89.5 cm³/mol. The summed E-state index contributed by atoms with van der Waals surface area (Å²) in [6.07, 6.45) is 2.35. The van der Waals surface area contributed by atoms with E-state index >= 15 is 0 Å². The van der Waals surface area contributed by atoms with E-state index in [1.807, 2.05) is 36.1 Å². The Hall–Kier alpha value is -2.70. The van der Waals surface area contributed by atoms with Crippen LogP contribution in [0.4, 0.5) is 0 Å². The predicted octanol–water partition coefficient (Wildman–Crippen LogP) is 1.94. The van der Waals surface area contributed by atoms with Crippen molar-refractivity contribution >= 4 is 16.8 Å². The second-order valence-corrected chi connectivity index (χ2v) is 6.35. The van der Waals surface area contributed by atoms with Crippen molar-refractivity contribution < 1.29 is 4.79 Å². The standard InChI is InChI=1S/C17H20N6O/c1-11-18-17(22-19-11)12-5-4-8-23(10-12)16(24)9-15-13-6-2-3-7-14(13)20-21-15/h2-3,6-7,12H,4-5,8-10H2,1H3,(H,20,21)(H,18,19,22)/t12-/m1/s1. The number of likely N-dealkylation sites (tertiary alicyclic amines) is 1. The maximum atomic E-state index is 12.7. The molecule has 2 N–H and O–H groups in total. The van der Waals surface area contributed by atoms with E-state index < -0.39 is 0 Å². The van der Waals surface area contributed by atoms with Gasteiger partial charge in [-0.1, -0.05) is 18.2 Å². The number of carbonyl (C=O) groups excluding carboxylic acids is 1. The molecule has 2 aromatic heterocycles. The van der Waals surface area contributed by atoms with Crippen LogP contribution >= 0.6 is 0 Å². The monoisotopic (exact) mass is 324 g/mol. The molecule has 1 saturated heterocycles. The number of hydrogen-bond acceptors (Lipinski definition) is 4. The van der Waals surface area contributed by atoms with Crippen molar-refractivity contribution in [1.82, 2.24) is 30.3 Å². The molecule has 0 saturated carbocycles. The molecule has 0 unspecified atom stereocenters. The van der Waals surface area contributed by atoms with Crippen molar-refractivity contribution in [1.29, 1.82) is 0 Å². The Morgan fingerprint density at radius 3 is 3.00 bits per heavy atom. The minimum atomic E-state index is 0.126. The lowest BCUT2D eigenvalue weighted by Gasteiger charge is -2.31. The Morgan fingerprint density at radius 1 is 1.29 bits per heavy atom. The molecule has 1 aliphatic heterocycles. The number of benzene rings is 1. The molecule has 124 valence electrons. The fourth-order valence-corrected chi connectivity index (χ4v) is 3.37. The Bertz CT molecular complexity index is 867. The molecule has 1 aliphatic rings. The number of aryl methyl sites for hydroxylation is 1. The number of rotatable bonds is 3. The summed E-state index contributed by atoms with van der Waals surface area (Å²) < 4.78 is 0. The normalized spacial score (nSPS) is 18.2. The first-order valence-electron chi connectivity index (χ1n) is 8.29. The fourth-order valence-electron chi connectivity index (χ4n) is 3.37. The van der Waals surface area contributed by atoms with E-state index in [1.54, 1.807) is 0 Å². The Kier molecular flexibility index (Phi) is 3.76. The van der Waals surface area contributed by atoms with Crippen LogP contribution in [0.2, 0.25) is 0 Å². The van der Waals surface area contributed by atoms with Crippen LogP contribution in [0.5, 0.6) is 0 Å². The zero-order valence-corrected chi connectivity index (χ0v) is 13.6. The van der Waals surface area contributed by atoms with Crippen LogP contribution < -0.4 is 0 Å². The molecule has 0 bridgehead atoms. The molecule has 3 aromatic rings. The molecule has 7 heteroatoms. The third-order valence-electron chi connectivity index (χ3n) is 4.62. The van der Waals surface area contributed by atoms with Gasteiger partial charge in [-0.25, -0.2) is 4.98 Å². The van der Waals surface area contributed by atoms with E-state index in [2.05, 4.69) is 25.4 Å². The first-order chi connectivity index (χ1) is 11.7. The number of carbonyl (C=O) groups is 1. The lowest BCUT2D eigenvalue weighted by Crippen LogP contribution is -2.40. The number of aromatic nitrogens is 5. The van der Waals surface area contributed by atoms with Gasteiger partial charge in [0.1, 0.15) is 5.82 Å². The minimum Gasteiger partial charge on any atom is -0.342 e. The molecule has 3 heterocycles. The highest BCUT2D eigenvalue weighted by Gasteiger charge is 2.27. The molecule has 1 aromatic carbocycles. The van der Waals surface area contributed by atoms with Crippen molar-refractivity contribution in [2.45, 2.75) is 32.1 Å². The van der Waals surface area contributed by atoms with E-state index in [4.69, 9.17) is 0 Å². The van der Waals surface area contributed by atoms with Gasteiger partial charge < -0.3 is 4.90 Å². The number of aromatic amines is 2. The van der Waals surface area contributed by atoms with Crippen molar-refractivity contribution in [2.24, 2.45) is 0 Å². The molecule has 0 radical (unpaired) electrons. The summed E-state index contributed by atoms with van der Waals surface area (Å²) in [4.78, 5) is 19.1. The van der Waals surface area contributed by atoms with Crippen LogP contribution in [-0.2, 0) is 11.2 Å². The van der Waals surface area contributed by atoms with E-state index in [0.29, 0.717) is 13.0 Å². The number of hydrogen-bond donors (Lipinski definition) is 2. The van der Waals surface area contributed by atoms with Gasteiger partial charge in [-0.2, -0.15) is 10.2 Å². The number of para-hydroxylation sites is 1. The molecular formula is C17H20N6O. The Morgan fingerprint density at radius 2 is 2.17 bits per heavy atom. The summed E-state index contributed by atoms with van der Waals surface area (Å²) in [6, 6.07) is 7.86. The zero-order chi connectivity index (χ0) is 16.5. The Balaban J connectivity index is 1.48. The lowest BCUT2D eigenvalue weighted by molar-refractivity contribution is -0.131. The van der Waals surface area contributed by atoms with Gasteiger partial charge in [-0.15, -0.1) is 0 Å². The van der Waals surface area contributed by atoms with Crippen LogP contribution in [0.15, 0.2) is 24.3 Å². The highest BCUT2D eigenvalue weighted by Crippen LogP contribution is 2.25. The maximum Gasteiger partial charge on any atom is 0.228 e. The van der Waals surface area contributed by atoms with Crippen molar-refractivity contribution in [3.63, 3.8) is 0 Å². The number of nitrogens with one attached hydrogen (secondary N) is 2. The van der Waals surface area contributed by atoms with Crippen LogP contribution in [0, 0.1) is 6.92 Å². The van der Waals surface area contributed by atoms with Gasteiger partial charge >= 0.3 is 0 Å². The van der Waals surface area contributed by atoms with E-state index in [1.165, 1.54) is 0 Å². The summed E-state index contributed by atoms with van der Waals surface area (Å²) in [6.45, 7) is 3.37. The highest BCUT2D eigenvalue weighted by molar-refractivity contribution is 5.87. The van der Waals surface area contributed by atoms with Crippen molar-refractivity contribution in [2.75, 3.05) is 13.1 Å². The van der Waals surface area contributed by atoms with Gasteiger partial charge in [0.2, 0.25) is 5.91 Å². The third kappa shape index (κ3) is 2.77. The zero-order valence-electron chi connectivity index (χ0n) is 13.6. The molecule has 4 rings (SSSR count). The van der Waals surface area contributed by atoms with Gasteiger partial charge in [0.05, 0.1) is 17.6 Å². The van der Waals surface area contributed by atoms with E-state index in [0.717, 1.165) is 47.6 Å². The van der Waals surface area contributed by atoms with Gasteiger partial charge in [0, 0.05) is 24.4 Å². The van der Waals surface area contributed by atoms with Crippen molar-refractivity contribution in [3.05, 3.63) is 41.6 Å². The number of H-pyrrole nitrogens is 2. The van der Waals surface area contributed by atoms with Crippen molar-refractivity contribution in [3.8, 4) is 0 Å². The minimum absolute atomic E-state index is 0.126. The fraction of sp³-hybridized carbons (Fsp3) is 0.412. The summed E-state index contributed by atoms with van der Waals surface area (Å²) in [5, 5.41) is 15.4. The maximum absolute atomic E-state index is 12.7. The smallest absolute Gasteiger partial charge is 0.228 e. The molecule has 0 aliphatic carbocycles. The van der Waals surface area contributed by atoms with Crippen LogP contribution in [0.25, 0.3) is 10.9 Å². The highest BCUT2D eigenvalue weighted by atomic mass is 16.2. The summed E-state index contributed by atoms with van der Waals surface area (Å²) in [7, 11) is 0. The quantitative estimate of drug-likeness (QED) is 0.770. The number of nitrogens with zero attached hydrogens (tertiary/aromatic N) is 4. The van der Waals surface area contributed by atoms with Crippen LogP contribution in [0.3, 0.4) is 0 Å². The number of piperidine rings is 1. The van der Waals surface area contributed by atoms with Gasteiger partial charge in [0.25, 0.3) is 0 Å². The summed E-state index contributed by atoms with van der Waals surface area (Å²) >= 11 is 0. The summed E-state index contributed by atoms with van der Waals surface area (Å²) in [5.74, 6) is 1.97. The second kappa shape index (κ2) is 6.07. The largest absolute Gasteiger partial charge is 0.342 e. The summed E-state index contributed by atoms with van der Waals surface area (Å²) in [5.41, 5.74) is 1.78. The molecule has 1 fully saturated rings. The number of amides is 1. The SMILES string of the molecule is Cc1nc([C@@H]2CCCN(C(=O)Cc3[nH]nc4ccccc34)C2)n[nH]1. The molecule has 1 atom stereocenters. The molecule has 7 nitrogen and oxygen atoms in total. The molecular weight excluding hydrogens is 304 g/mol. The number of fused-ring (bicyclic) bond motifs is 1. The van der Waals surface area contributed by atoms with Gasteiger partial charge in [-0.05, 0) is 25.8 Å². The van der Waals surface area contributed by atoms with Gasteiger partial charge in [0.15, 0.2) is 5.82 Å². The second-order valence-electron chi connectivity index (χ2n) is 6.35. The van der Waals surface area contributed by atoms with Crippen LogP contribution in [-0.4, -0.2) is 49.3 Å². The molecule has 0 spiro atoms. The first kappa shape index (κ1) is 14.9. The lowest BCUT2D eigenvalue weighted by atomic mass is 9.97. The molecule has 1 amide bonds. The van der Waals surface area contributed by atoms with E-state index in [-0.39, 0.29) is 11.8 Å². The topological polar surface area (TPSA) is 90.6 Å². The van der Waals surface area contributed by atoms with E-state index in [9.17, 15) is 4.79 Å². The Labute approximate surface area is 139 Å². The average Bonchev–Trinajstić information content (AvgIpc) is 3.22. The van der Waals surface area contributed by atoms with Crippen LogP contribution in [0.1, 0.15) is 36.1 Å². The average molecular weight is 324 g/mol. The van der Waals surface area contributed by atoms with Gasteiger partial charge in [-0.3, -0.25) is 15.0 Å². The molecule has 24 heavy (non-hydrogen) atoms.